The second kappa shape index (κ2) is 6.82. The Morgan fingerprint density at radius 1 is 0.931 bits per heavy atom. The van der Waals surface area contributed by atoms with Gasteiger partial charge < -0.3 is 10.2 Å². The number of rotatable bonds is 3. The maximum atomic E-state index is 13.3. The molecule has 1 aliphatic rings. The van der Waals surface area contributed by atoms with E-state index in [2.05, 4.69) is 10.2 Å². The second-order valence-corrected chi connectivity index (χ2v) is 8.84. The summed E-state index contributed by atoms with van der Waals surface area (Å²) in [5.74, 6) is 0.310. The Balaban J connectivity index is 1.79. The van der Waals surface area contributed by atoms with Gasteiger partial charge in [0.15, 0.2) is 0 Å². The van der Waals surface area contributed by atoms with E-state index in [1.807, 2.05) is 24.3 Å². The van der Waals surface area contributed by atoms with Gasteiger partial charge in [-0.15, -0.1) is 0 Å². The van der Waals surface area contributed by atoms with Crippen molar-refractivity contribution in [3.8, 4) is 0 Å². The van der Waals surface area contributed by atoms with Crippen molar-refractivity contribution in [3.63, 3.8) is 0 Å². The fraction of sp³-hybridized carbons (Fsp3) is 0.190. The molecule has 1 N–H and O–H groups in total. The van der Waals surface area contributed by atoms with Gasteiger partial charge in [0, 0.05) is 43.1 Å². The van der Waals surface area contributed by atoms with E-state index in [1.165, 1.54) is 16.1 Å². The zero-order valence-electron chi connectivity index (χ0n) is 15.5. The Hall–Kier alpha value is -2.97. The minimum Gasteiger partial charge on any atom is -0.353 e. The van der Waals surface area contributed by atoms with E-state index in [0.717, 1.165) is 60.4 Å². The summed E-state index contributed by atoms with van der Waals surface area (Å²) in [4.78, 5) is 7.07. The van der Waals surface area contributed by atoms with Crippen molar-refractivity contribution in [2.24, 2.45) is 0 Å². The van der Waals surface area contributed by atoms with Crippen molar-refractivity contribution in [1.29, 1.82) is 0 Å². The summed E-state index contributed by atoms with van der Waals surface area (Å²) in [5, 5.41) is 4.87. The van der Waals surface area contributed by atoms with Crippen molar-refractivity contribution in [1.82, 2.24) is 14.3 Å². The Morgan fingerprint density at radius 2 is 1.66 bits per heavy atom. The van der Waals surface area contributed by atoms with E-state index in [1.54, 1.807) is 12.3 Å². The van der Waals surface area contributed by atoms with Crippen LogP contribution in [-0.4, -0.2) is 43.6 Å². The minimum atomic E-state index is -3.89. The van der Waals surface area contributed by atoms with E-state index < -0.39 is 15.8 Å². The first-order chi connectivity index (χ1) is 14.1. The lowest BCUT2D eigenvalue weighted by Gasteiger charge is -2.29. The molecule has 0 aliphatic carbocycles. The number of piperazine rings is 1. The molecule has 2 aromatic carbocycles. The summed E-state index contributed by atoms with van der Waals surface area (Å²) in [6.07, 6.45) is 1.56. The number of hydrogen-bond acceptors (Lipinski definition) is 5. The molecule has 0 unspecified atom stereocenters. The standard InChI is InChI=1S/C21H19FN4O2S/c22-15-5-7-16(8-6-15)29(27,28)26-12-9-18-20(26)17-3-1-2-4-19(17)24-21(18)25-13-10-23-11-14-25/h1-9,12,23H,10-11,13-14H2. The molecule has 5 rings (SSSR count). The van der Waals surface area contributed by atoms with Crippen LogP contribution in [0.3, 0.4) is 0 Å². The maximum absolute atomic E-state index is 13.3. The summed E-state index contributed by atoms with van der Waals surface area (Å²) in [5.41, 5.74) is 1.33. The van der Waals surface area contributed by atoms with Crippen molar-refractivity contribution < 1.29 is 12.8 Å². The minimum absolute atomic E-state index is 0.0426. The molecule has 4 aromatic rings. The fourth-order valence-corrected chi connectivity index (χ4v) is 5.21. The van der Waals surface area contributed by atoms with Gasteiger partial charge in [-0.2, -0.15) is 0 Å². The Labute approximate surface area is 167 Å². The van der Waals surface area contributed by atoms with Gasteiger partial charge in [0.2, 0.25) is 0 Å². The first-order valence-electron chi connectivity index (χ1n) is 9.42. The molecule has 0 bridgehead atoms. The van der Waals surface area contributed by atoms with Crippen LogP contribution in [0.4, 0.5) is 10.2 Å². The molecule has 6 nitrogen and oxygen atoms in total. The number of hydrogen-bond donors (Lipinski definition) is 1. The van der Waals surface area contributed by atoms with Crippen LogP contribution in [0.1, 0.15) is 0 Å². The van der Waals surface area contributed by atoms with Gasteiger partial charge in [0.1, 0.15) is 11.6 Å². The van der Waals surface area contributed by atoms with Gasteiger partial charge in [0.05, 0.1) is 15.9 Å². The molecule has 148 valence electrons. The maximum Gasteiger partial charge on any atom is 0.268 e. The summed E-state index contributed by atoms with van der Waals surface area (Å²) in [6.45, 7) is 3.31. The van der Waals surface area contributed by atoms with Crippen LogP contribution in [0.5, 0.6) is 0 Å². The summed E-state index contributed by atoms with van der Waals surface area (Å²) >= 11 is 0. The van der Waals surface area contributed by atoms with Crippen LogP contribution in [0.15, 0.2) is 65.7 Å². The number of halogens is 1. The van der Waals surface area contributed by atoms with E-state index in [0.29, 0.717) is 5.52 Å². The third kappa shape index (κ3) is 2.95. The first-order valence-corrected chi connectivity index (χ1v) is 10.9. The fourth-order valence-electron chi connectivity index (χ4n) is 3.84. The average Bonchev–Trinajstić information content (AvgIpc) is 3.20. The van der Waals surface area contributed by atoms with E-state index >= 15 is 0 Å². The van der Waals surface area contributed by atoms with Gasteiger partial charge in [-0.3, -0.25) is 0 Å². The SMILES string of the molecule is O=S(=O)(c1ccc(F)cc1)n1ccc2c(N3CCNCC3)nc3ccccc3c21. The highest BCUT2D eigenvalue weighted by atomic mass is 32.2. The van der Waals surface area contributed by atoms with Crippen molar-refractivity contribution >= 4 is 37.6 Å². The van der Waals surface area contributed by atoms with Crippen LogP contribution >= 0.6 is 0 Å². The molecule has 0 amide bonds. The molecule has 29 heavy (non-hydrogen) atoms. The number of nitrogens with one attached hydrogen (secondary N) is 1. The summed E-state index contributed by atoms with van der Waals surface area (Å²) in [6, 6.07) is 14.2. The zero-order valence-corrected chi connectivity index (χ0v) is 16.4. The molecule has 2 aromatic heterocycles. The normalized spacial score (nSPS) is 15.3. The lowest BCUT2D eigenvalue weighted by atomic mass is 10.1. The Bertz CT molecular complexity index is 1310. The van der Waals surface area contributed by atoms with E-state index in [4.69, 9.17) is 4.98 Å². The molecule has 1 fully saturated rings. The number of nitrogens with zero attached hydrogens (tertiary/aromatic N) is 3. The molecule has 0 radical (unpaired) electrons. The number of anilines is 1. The number of aromatic nitrogens is 2. The molecule has 1 aliphatic heterocycles. The topological polar surface area (TPSA) is 67.2 Å². The highest BCUT2D eigenvalue weighted by Gasteiger charge is 2.24. The van der Waals surface area contributed by atoms with Gasteiger partial charge >= 0.3 is 0 Å². The predicted octanol–water partition coefficient (Wildman–Crippen LogP) is 2.98. The molecular formula is C21H19FN4O2S. The predicted molar refractivity (Wildman–Crippen MR) is 111 cm³/mol. The van der Waals surface area contributed by atoms with E-state index in [9.17, 15) is 12.8 Å². The van der Waals surface area contributed by atoms with Crippen LogP contribution in [0.25, 0.3) is 21.8 Å². The van der Waals surface area contributed by atoms with Crippen LogP contribution in [0.2, 0.25) is 0 Å². The third-order valence-corrected chi connectivity index (χ3v) is 6.96. The molecule has 0 atom stereocenters. The molecule has 0 saturated carbocycles. The quantitative estimate of drug-likeness (QED) is 0.563. The lowest BCUT2D eigenvalue weighted by Crippen LogP contribution is -2.44. The number of benzene rings is 2. The monoisotopic (exact) mass is 410 g/mol. The molecule has 8 heteroatoms. The molecule has 1 saturated heterocycles. The van der Waals surface area contributed by atoms with Crippen molar-refractivity contribution in [2.75, 3.05) is 31.1 Å². The number of pyridine rings is 1. The molecule has 0 spiro atoms. The van der Waals surface area contributed by atoms with Gasteiger partial charge in [0.25, 0.3) is 10.0 Å². The summed E-state index contributed by atoms with van der Waals surface area (Å²) < 4.78 is 41.3. The third-order valence-electron chi connectivity index (χ3n) is 5.27. The first kappa shape index (κ1) is 18.1. The highest BCUT2D eigenvalue weighted by molar-refractivity contribution is 7.90. The van der Waals surface area contributed by atoms with Crippen molar-refractivity contribution in [3.05, 3.63) is 66.6 Å². The van der Waals surface area contributed by atoms with Gasteiger partial charge in [-0.25, -0.2) is 21.8 Å². The molecular weight excluding hydrogens is 391 g/mol. The second-order valence-electron chi connectivity index (χ2n) is 7.02. The van der Waals surface area contributed by atoms with E-state index in [-0.39, 0.29) is 4.90 Å². The average molecular weight is 410 g/mol. The van der Waals surface area contributed by atoms with Crippen LogP contribution in [0, 0.1) is 5.82 Å². The lowest BCUT2D eigenvalue weighted by molar-refractivity contribution is 0.586. The highest BCUT2D eigenvalue weighted by Crippen LogP contribution is 2.34. The number of fused-ring (bicyclic) bond motifs is 3. The zero-order chi connectivity index (χ0) is 20.0. The smallest absolute Gasteiger partial charge is 0.268 e. The Morgan fingerprint density at radius 3 is 2.41 bits per heavy atom. The van der Waals surface area contributed by atoms with Gasteiger partial charge in [-0.05, 0) is 36.4 Å². The molecule has 3 heterocycles. The van der Waals surface area contributed by atoms with Crippen LogP contribution < -0.4 is 10.2 Å². The largest absolute Gasteiger partial charge is 0.353 e. The van der Waals surface area contributed by atoms with Crippen molar-refractivity contribution in [2.45, 2.75) is 4.90 Å². The Kier molecular flexibility index (Phi) is 4.25. The van der Waals surface area contributed by atoms with Gasteiger partial charge in [-0.1, -0.05) is 18.2 Å². The summed E-state index contributed by atoms with van der Waals surface area (Å²) in [7, 11) is -3.89. The van der Waals surface area contributed by atoms with Crippen LogP contribution in [-0.2, 0) is 10.0 Å². The number of para-hydroxylation sites is 1.